The van der Waals surface area contributed by atoms with Gasteiger partial charge in [0.2, 0.25) is 11.8 Å². The number of rotatable bonds is 10. The van der Waals surface area contributed by atoms with Crippen molar-refractivity contribution in [1.29, 1.82) is 0 Å². The Morgan fingerprint density at radius 1 is 0.900 bits per heavy atom. The smallest absolute Gasteiger partial charge is 0.410 e. The Kier molecular flexibility index (Phi) is 11.7. The molecule has 0 radical (unpaired) electrons. The molecule has 1 N–H and O–H groups in total. The summed E-state index contributed by atoms with van der Waals surface area (Å²) < 4.78 is 5.62. The average molecular weight is 558 g/mol. The first kappa shape index (κ1) is 34.9. The molecule has 1 rings (SSSR count). The summed E-state index contributed by atoms with van der Waals surface area (Å²) in [4.78, 5) is 55.6. The summed E-state index contributed by atoms with van der Waals surface area (Å²) in [7, 11) is 3.23. The van der Waals surface area contributed by atoms with Gasteiger partial charge in [-0.2, -0.15) is 0 Å². The Hall–Kier alpha value is -3.16. The van der Waals surface area contributed by atoms with Gasteiger partial charge in [-0.25, -0.2) is 4.79 Å². The molecule has 0 bridgehead atoms. The Balaban J connectivity index is 3.58. The lowest BCUT2D eigenvalue weighted by atomic mass is 9.76. The molecule has 0 spiro atoms. The van der Waals surface area contributed by atoms with Crippen LogP contribution in [0.5, 0.6) is 0 Å². The van der Waals surface area contributed by atoms with Gasteiger partial charge in [-0.15, -0.1) is 0 Å². The van der Waals surface area contributed by atoms with Crippen LogP contribution in [0, 0.1) is 11.3 Å². The quantitative estimate of drug-likeness (QED) is 0.309. The van der Waals surface area contributed by atoms with Crippen molar-refractivity contribution in [3.8, 4) is 0 Å². The molecule has 0 saturated carbocycles. The maximum Gasteiger partial charge on any atom is 0.410 e. The molecule has 0 aromatic heterocycles. The predicted octanol–water partition coefficient (Wildman–Crippen LogP) is 5.36. The Bertz CT molecular complexity index is 1060. The lowest BCUT2D eigenvalue weighted by Gasteiger charge is -2.42. The molecule has 1 aromatic rings. The number of carbonyl (C=O) groups is 4. The maximum atomic E-state index is 14.2. The molecule has 8 heteroatoms. The zero-order valence-corrected chi connectivity index (χ0v) is 26.8. The second-order valence-electron chi connectivity index (χ2n) is 13.6. The van der Waals surface area contributed by atoms with E-state index in [0.29, 0.717) is 5.57 Å². The van der Waals surface area contributed by atoms with Crippen LogP contribution < -0.4 is 5.32 Å². The van der Waals surface area contributed by atoms with E-state index in [1.54, 1.807) is 52.8 Å². The van der Waals surface area contributed by atoms with Gasteiger partial charge in [-0.1, -0.05) is 84.9 Å². The van der Waals surface area contributed by atoms with Gasteiger partial charge in [-0.3, -0.25) is 19.3 Å². The lowest BCUT2D eigenvalue weighted by molar-refractivity contribution is -0.141. The van der Waals surface area contributed by atoms with Crippen LogP contribution in [0.2, 0.25) is 0 Å². The largest absolute Gasteiger partial charge is 0.444 e. The fourth-order valence-corrected chi connectivity index (χ4v) is 4.73. The molecule has 3 amide bonds. The zero-order chi connectivity index (χ0) is 31.2. The summed E-state index contributed by atoms with van der Waals surface area (Å²) in [5.74, 6) is -0.724. The van der Waals surface area contributed by atoms with Gasteiger partial charge in [0, 0.05) is 19.5 Å². The standard InChI is InChI=1S/C32H51N3O5/c1-21(2)24(19-22(3)20-36)34(12)28(38)25(30(4,5)6)33-27(37)26(35(13)29(39)40-31(7,8)9)32(10,11)23-17-15-14-16-18-23/h14-21,24-26H,1-13H3,(H,33,37)/t24-,25-,26-/m1/s1. The number of hydrogen-bond donors (Lipinski definition) is 1. The van der Waals surface area contributed by atoms with Crippen LogP contribution in [-0.4, -0.2) is 71.8 Å². The highest BCUT2D eigenvalue weighted by Gasteiger charge is 2.45. The van der Waals surface area contributed by atoms with E-state index in [1.165, 1.54) is 4.90 Å². The molecule has 0 fully saturated rings. The second kappa shape index (κ2) is 13.5. The minimum atomic E-state index is -0.995. The summed E-state index contributed by atoms with van der Waals surface area (Å²) in [5.41, 5.74) is -0.861. The number of carbonyl (C=O) groups excluding carboxylic acids is 4. The van der Waals surface area contributed by atoms with E-state index >= 15 is 0 Å². The van der Waals surface area contributed by atoms with E-state index in [0.717, 1.165) is 11.8 Å². The predicted molar refractivity (Wildman–Crippen MR) is 160 cm³/mol. The number of allylic oxidation sites excluding steroid dienone is 1. The summed E-state index contributed by atoms with van der Waals surface area (Å²) in [6.07, 6.45) is 1.90. The van der Waals surface area contributed by atoms with Crippen LogP contribution in [0.25, 0.3) is 0 Å². The van der Waals surface area contributed by atoms with Crippen molar-refractivity contribution in [1.82, 2.24) is 15.1 Å². The van der Waals surface area contributed by atoms with Crippen molar-refractivity contribution in [3.63, 3.8) is 0 Å². The molecule has 0 saturated heterocycles. The molecule has 3 atom stereocenters. The molecule has 0 heterocycles. The van der Waals surface area contributed by atoms with Crippen LogP contribution in [-0.2, 0) is 24.5 Å². The topological polar surface area (TPSA) is 96.0 Å². The summed E-state index contributed by atoms with van der Waals surface area (Å²) in [6.45, 7) is 20.4. The lowest BCUT2D eigenvalue weighted by Crippen LogP contribution is -2.63. The average Bonchev–Trinajstić information content (AvgIpc) is 2.83. The first-order valence-electron chi connectivity index (χ1n) is 13.9. The number of nitrogens with zero attached hydrogens (tertiary/aromatic N) is 2. The van der Waals surface area contributed by atoms with Crippen LogP contribution in [0.4, 0.5) is 4.79 Å². The molecule has 0 aliphatic rings. The number of benzene rings is 1. The van der Waals surface area contributed by atoms with Gasteiger partial charge in [0.05, 0.1) is 6.04 Å². The van der Waals surface area contributed by atoms with Gasteiger partial charge >= 0.3 is 6.09 Å². The zero-order valence-electron chi connectivity index (χ0n) is 26.8. The highest BCUT2D eigenvalue weighted by Crippen LogP contribution is 2.32. The Morgan fingerprint density at radius 2 is 1.43 bits per heavy atom. The summed E-state index contributed by atoms with van der Waals surface area (Å²) in [6, 6.07) is 7.25. The van der Waals surface area contributed by atoms with Crippen LogP contribution in [0.3, 0.4) is 0 Å². The Labute approximate surface area is 241 Å². The number of likely N-dealkylation sites (N-methyl/N-ethyl adjacent to an activating group) is 2. The van der Waals surface area contributed by atoms with Crippen molar-refractivity contribution in [2.45, 2.75) is 105 Å². The van der Waals surface area contributed by atoms with Gasteiger partial charge in [-0.05, 0) is 50.2 Å². The van der Waals surface area contributed by atoms with E-state index < -0.39 is 40.5 Å². The maximum absolute atomic E-state index is 14.2. The molecular weight excluding hydrogens is 506 g/mol. The molecular formula is C32H51N3O5. The summed E-state index contributed by atoms with van der Waals surface area (Å²) in [5, 5.41) is 3.00. The number of nitrogens with one attached hydrogen (secondary N) is 1. The number of aldehydes is 1. The molecule has 0 unspecified atom stereocenters. The third-order valence-electron chi connectivity index (χ3n) is 7.02. The van der Waals surface area contributed by atoms with E-state index in [1.807, 2.05) is 78.8 Å². The first-order chi connectivity index (χ1) is 18.1. The minimum Gasteiger partial charge on any atom is -0.444 e. The minimum absolute atomic E-state index is 0.0308. The highest BCUT2D eigenvalue weighted by molar-refractivity contribution is 5.93. The normalized spacial score (nSPS) is 15.1. The van der Waals surface area contributed by atoms with Crippen LogP contribution in [0.15, 0.2) is 42.0 Å². The monoisotopic (exact) mass is 557 g/mol. The van der Waals surface area contributed by atoms with Gasteiger partial charge in [0.25, 0.3) is 0 Å². The first-order valence-corrected chi connectivity index (χ1v) is 13.9. The molecule has 0 aliphatic heterocycles. The molecule has 8 nitrogen and oxygen atoms in total. The number of ether oxygens (including phenoxy) is 1. The molecule has 0 aliphatic carbocycles. The third-order valence-corrected chi connectivity index (χ3v) is 7.02. The Morgan fingerprint density at radius 3 is 1.85 bits per heavy atom. The van der Waals surface area contributed by atoms with E-state index in [2.05, 4.69) is 5.32 Å². The van der Waals surface area contributed by atoms with Gasteiger partial charge in [0.1, 0.15) is 24.0 Å². The number of hydrogen-bond acceptors (Lipinski definition) is 5. The van der Waals surface area contributed by atoms with Gasteiger partial charge in [0.15, 0.2) is 0 Å². The van der Waals surface area contributed by atoms with Crippen molar-refractivity contribution in [2.24, 2.45) is 11.3 Å². The van der Waals surface area contributed by atoms with E-state index in [4.69, 9.17) is 4.74 Å². The van der Waals surface area contributed by atoms with Gasteiger partial charge < -0.3 is 15.0 Å². The molecule has 224 valence electrons. The van der Waals surface area contributed by atoms with Crippen LogP contribution in [0.1, 0.15) is 81.7 Å². The second-order valence-corrected chi connectivity index (χ2v) is 13.6. The number of amides is 3. The fraction of sp³-hybridized carbons (Fsp3) is 0.625. The van der Waals surface area contributed by atoms with Crippen molar-refractivity contribution in [2.75, 3.05) is 14.1 Å². The van der Waals surface area contributed by atoms with Crippen molar-refractivity contribution in [3.05, 3.63) is 47.5 Å². The third kappa shape index (κ3) is 9.20. The van der Waals surface area contributed by atoms with E-state index in [9.17, 15) is 19.2 Å². The fourth-order valence-electron chi connectivity index (χ4n) is 4.73. The van der Waals surface area contributed by atoms with Crippen molar-refractivity contribution >= 4 is 24.2 Å². The molecule has 1 aromatic carbocycles. The molecule has 40 heavy (non-hydrogen) atoms. The van der Waals surface area contributed by atoms with Crippen LogP contribution >= 0.6 is 0 Å². The SMILES string of the molecule is CC(C=O)=C[C@H](C(C)C)N(C)C(=O)[C@@H](NC(=O)[C@@H](N(C)C(=O)OC(C)(C)C)C(C)(C)c1ccccc1)C(C)(C)C. The highest BCUT2D eigenvalue weighted by atomic mass is 16.6. The van der Waals surface area contributed by atoms with E-state index in [-0.39, 0.29) is 17.9 Å². The summed E-state index contributed by atoms with van der Waals surface area (Å²) >= 11 is 0. The van der Waals surface area contributed by atoms with Crippen molar-refractivity contribution < 1.29 is 23.9 Å².